The standard InChI is InChI=1S/C30H39N3O5/c1-20-25(34)17-26(35)28(29(20)38-19-21-9-5-4-6-10-21)30(37)33-16-14-22-11-7-12-24(23(22)18-33)31-27(36)13-8-15-32(2)3/h7-8,11-13,17,21,34-35H,4-6,9-10,14-16,18-19H2,1-3H3,(H,31,36)/b13-8+. The van der Waals surface area contributed by atoms with Gasteiger partial charge in [0.15, 0.2) is 0 Å². The van der Waals surface area contributed by atoms with Crippen LogP contribution in [0.15, 0.2) is 36.4 Å². The Kier molecular flexibility index (Phi) is 8.94. The molecule has 1 fully saturated rings. The van der Waals surface area contributed by atoms with E-state index in [0.29, 0.717) is 43.3 Å². The van der Waals surface area contributed by atoms with Crippen LogP contribution in [0.25, 0.3) is 0 Å². The maximum absolute atomic E-state index is 13.8. The molecule has 2 amide bonds. The molecule has 2 aromatic carbocycles. The Hall–Kier alpha value is -3.52. The summed E-state index contributed by atoms with van der Waals surface area (Å²) >= 11 is 0. The summed E-state index contributed by atoms with van der Waals surface area (Å²) in [7, 11) is 3.86. The maximum Gasteiger partial charge on any atom is 0.261 e. The Morgan fingerprint density at radius 1 is 1.16 bits per heavy atom. The van der Waals surface area contributed by atoms with Crippen LogP contribution in [0.3, 0.4) is 0 Å². The first kappa shape index (κ1) is 27.5. The molecule has 8 nitrogen and oxygen atoms in total. The van der Waals surface area contributed by atoms with Crippen molar-refractivity contribution in [3.63, 3.8) is 0 Å². The molecule has 0 spiro atoms. The number of phenols is 2. The molecule has 38 heavy (non-hydrogen) atoms. The number of nitrogens with one attached hydrogen (secondary N) is 1. The smallest absolute Gasteiger partial charge is 0.261 e. The second kappa shape index (κ2) is 12.3. The predicted octanol–water partition coefficient (Wildman–Crippen LogP) is 4.62. The number of rotatable bonds is 8. The molecule has 0 radical (unpaired) electrons. The fourth-order valence-corrected chi connectivity index (χ4v) is 5.25. The Bertz CT molecular complexity index is 1200. The van der Waals surface area contributed by atoms with Gasteiger partial charge in [0, 0.05) is 43.0 Å². The van der Waals surface area contributed by atoms with E-state index in [-0.39, 0.29) is 41.2 Å². The summed E-state index contributed by atoms with van der Waals surface area (Å²) in [5.41, 5.74) is 3.13. The quantitative estimate of drug-likeness (QED) is 0.438. The lowest BCUT2D eigenvalue weighted by molar-refractivity contribution is -0.111. The Labute approximate surface area is 224 Å². The van der Waals surface area contributed by atoms with Crippen molar-refractivity contribution in [3.05, 3.63) is 58.7 Å². The second-order valence-corrected chi connectivity index (χ2v) is 10.6. The number of benzene rings is 2. The molecule has 1 aliphatic carbocycles. The molecule has 1 heterocycles. The zero-order chi connectivity index (χ0) is 27.2. The SMILES string of the molecule is Cc1c(O)cc(O)c(C(=O)N2CCc3cccc(NC(=O)/C=C/CN(C)C)c3C2)c1OCC1CCCCC1. The molecule has 0 atom stereocenters. The van der Waals surface area contributed by atoms with Crippen molar-refractivity contribution in [1.82, 2.24) is 9.80 Å². The molecular weight excluding hydrogens is 482 g/mol. The highest BCUT2D eigenvalue weighted by molar-refractivity contribution is 6.01. The molecule has 0 saturated heterocycles. The zero-order valence-electron chi connectivity index (χ0n) is 22.6. The lowest BCUT2D eigenvalue weighted by Crippen LogP contribution is -2.37. The first-order valence-corrected chi connectivity index (χ1v) is 13.4. The van der Waals surface area contributed by atoms with Gasteiger partial charge in [-0.1, -0.05) is 37.5 Å². The fraction of sp³-hybridized carbons (Fsp3) is 0.467. The average molecular weight is 522 g/mol. The van der Waals surface area contributed by atoms with Crippen LogP contribution >= 0.6 is 0 Å². The first-order chi connectivity index (χ1) is 18.2. The van der Waals surface area contributed by atoms with Crippen molar-refractivity contribution in [2.75, 3.05) is 39.1 Å². The van der Waals surface area contributed by atoms with Gasteiger partial charge < -0.3 is 30.1 Å². The number of anilines is 1. The Balaban J connectivity index is 1.55. The van der Waals surface area contributed by atoms with Crippen LogP contribution in [0.1, 0.15) is 59.2 Å². The molecule has 4 rings (SSSR count). The summed E-state index contributed by atoms with van der Waals surface area (Å²) in [5, 5.41) is 24.1. The minimum absolute atomic E-state index is 0.0766. The van der Waals surface area contributed by atoms with Gasteiger partial charge >= 0.3 is 0 Å². The van der Waals surface area contributed by atoms with Gasteiger partial charge in [0.25, 0.3) is 5.91 Å². The van der Waals surface area contributed by atoms with Crippen LogP contribution in [-0.4, -0.2) is 65.6 Å². The highest BCUT2D eigenvalue weighted by Crippen LogP contribution is 2.40. The number of fused-ring (bicyclic) bond motifs is 1. The van der Waals surface area contributed by atoms with E-state index in [9.17, 15) is 19.8 Å². The molecule has 0 unspecified atom stereocenters. The van der Waals surface area contributed by atoms with Crippen molar-refractivity contribution in [2.24, 2.45) is 5.92 Å². The van der Waals surface area contributed by atoms with E-state index < -0.39 is 0 Å². The topological polar surface area (TPSA) is 102 Å². The van der Waals surface area contributed by atoms with Gasteiger partial charge in [0.1, 0.15) is 22.8 Å². The maximum atomic E-state index is 13.8. The molecule has 2 aromatic rings. The van der Waals surface area contributed by atoms with Crippen LogP contribution in [-0.2, 0) is 17.8 Å². The number of carbonyl (C=O) groups is 2. The van der Waals surface area contributed by atoms with Gasteiger partial charge in [-0.05, 0) is 63.4 Å². The van der Waals surface area contributed by atoms with E-state index in [2.05, 4.69) is 5.32 Å². The van der Waals surface area contributed by atoms with Crippen LogP contribution in [0.4, 0.5) is 5.69 Å². The molecule has 8 heteroatoms. The number of carbonyl (C=O) groups excluding carboxylic acids is 2. The summed E-state index contributed by atoms with van der Waals surface area (Å²) < 4.78 is 6.15. The summed E-state index contributed by atoms with van der Waals surface area (Å²) in [4.78, 5) is 29.9. The number of amides is 2. The summed E-state index contributed by atoms with van der Waals surface area (Å²) in [6.45, 7) is 3.55. The number of likely N-dealkylation sites (N-methyl/N-ethyl adjacent to an activating group) is 1. The lowest BCUT2D eigenvalue weighted by atomic mass is 9.90. The number of nitrogens with zero attached hydrogens (tertiary/aromatic N) is 2. The third kappa shape index (κ3) is 6.48. The molecule has 0 bridgehead atoms. The number of hydrogen-bond donors (Lipinski definition) is 3. The van der Waals surface area contributed by atoms with Gasteiger partial charge in [-0.3, -0.25) is 9.59 Å². The molecule has 3 N–H and O–H groups in total. The van der Waals surface area contributed by atoms with Crippen LogP contribution in [0.2, 0.25) is 0 Å². The predicted molar refractivity (Wildman–Crippen MR) is 148 cm³/mol. The molecule has 2 aliphatic rings. The van der Waals surface area contributed by atoms with Gasteiger partial charge in [-0.25, -0.2) is 0 Å². The van der Waals surface area contributed by atoms with Crippen molar-refractivity contribution in [1.29, 1.82) is 0 Å². The third-order valence-electron chi connectivity index (χ3n) is 7.44. The van der Waals surface area contributed by atoms with E-state index in [1.165, 1.54) is 31.4 Å². The molecule has 0 aromatic heterocycles. The van der Waals surface area contributed by atoms with Crippen molar-refractivity contribution in [3.8, 4) is 17.2 Å². The number of aromatic hydroxyl groups is 2. The van der Waals surface area contributed by atoms with Gasteiger partial charge in [-0.15, -0.1) is 0 Å². The van der Waals surface area contributed by atoms with E-state index in [0.717, 1.165) is 24.0 Å². The van der Waals surface area contributed by atoms with Crippen LogP contribution in [0.5, 0.6) is 17.2 Å². The highest BCUT2D eigenvalue weighted by atomic mass is 16.5. The summed E-state index contributed by atoms with van der Waals surface area (Å²) in [5.74, 6) is -0.341. The number of phenolic OH excluding ortho intramolecular Hbond substituents is 2. The van der Waals surface area contributed by atoms with E-state index in [1.807, 2.05) is 37.2 Å². The fourth-order valence-electron chi connectivity index (χ4n) is 5.25. The van der Waals surface area contributed by atoms with E-state index in [1.54, 1.807) is 17.9 Å². The van der Waals surface area contributed by atoms with Gasteiger partial charge in [-0.2, -0.15) is 0 Å². The first-order valence-electron chi connectivity index (χ1n) is 13.4. The minimum Gasteiger partial charge on any atom is -0.507 e. The van der Waals surface area contributed by atoms with Gasteiger partial charge in [0.2, 0.25) is 5.91 Å². The summed E-state index contributed by atoms with van der Waals surface area (Å²) in [6.07, 6.45) is 9.66. The third-order valence-corrected chi connectivity index (χ3v) is 7.44. The van der Waals surface area contributed by atoms with Gasteiger partial charge in [0.05, 0.1) is 6.61 Å². The Morgan fingerprint density at radius 3 is 2.66 bits per heavy atom. The minimum atomic E-state index is -0.359. The number of hydrogen-bond acceptors (Lipinski definition) is 6. The normalized spacial score (nSPS) is 16.1. The van der Waals surface area contributed by atoms with Crippen LogP contribution in [0, 0.1) is 12.8 Å². The zero-order valence-corrected chi connectivity index (χ0v) is 22.6. The van der Waals surface area contributed by atoms with E-state index >= 15 is 0 Å². The van der Waals surface area contributed by atoms with Crippen molar-refractivity contribution >= 4 is 17.5 Å². The second-order valence-electron chi connectivity index (χ2n) is 10.6. The van der Waals surface area contributed by atoms with Crippen molar-refractivity contribution in [2.45, 2.75) is 52.0 Å². The molecule has 204 valence electrons. The largest absolute Gasteiger partial charge is 0.507 e. The lowest BCUT2D eigenvalue weighted by Gasteiger charge is -2.31. The molecule has 1 aliphatic heterocycles. The highest BCUT2D eigenvalue weighted by Gasteiger charge is 2.30. The van der Waals surface area contributed by atoms with E-state index in [4.69, 9.17) is 4.74 Å². The summed E-state index contributed by atoms with van der Waals surface area (Å²) in [6, 6.07) is 6.96. The average Bonchev–Trinajstić information content (AvgIpc) is 2.90. The number of ether oxygens (including phenoxy) is 1. The monoisotopic (exact) mass is 521 g/mol. The van der Waals surface area contributed by atoms with Crippen molar-refractivity contribution < 1.29 is 24.5 Å². The molecule has 1 saturated carbocycles. The Morgan fingerprint density at radius 2 is 1.92 bits per heavy atom. The molecular formula is C30H39N3O5. The van der Waals surface area contributed by atoms with Crippen LogP contribution < -0.4 is 10.1 Å².